The Labute approximate surface area is 205 Å². The fourth-order valence-electron chi connectivity index (χ4n) is 11.2. The van der Waals surface area contributed by atoms with Gasteiger partial charge in [-0.3, -0.25) is 4.79 Å². The molecule has 0 radical (unpaired) electrons. The van der Waals surface area contributed by atoms with Crippen molar-refractivity contribution in [1.29, 1.82) is 0 Å². The third kappa shape index (κ3) is 2.42. The molecule has 0 unspecified atom stereocenters. The second-order valence-corrected chi connectivity index (χ2v) is 15.3. The number of rotatable bonds is 0. The van der Waals surface area contributed by atoms with Crippen LogP contribution in [0.3, 0.4) is 0 Å². The predicted molar refractivity (Wildman–Crippen MR) is 132 cm³/mol. The Morgan fingerprint density at radius 1 is 0.882 bits per heavy atom. The Hall–Kier alpha value is -0.870. The molecule has 1 heterocycles. The van der Waals surface area contributed by atoms with Gasteiger partial charge >= 0.3 is 5.97 Å². The lowest BCUT2D eigenvalue weighted by Crippen LogP contribution is -2.67. The molecule has 4 nitrogen and oxygen atoms in total. The van der Waals surface area contributed by atoms with Crippen molar-refractivity contribution in [3.63, 3.8) is 0 Å². The van der Waals surface area contributed by atoms with E-state index < -0.39 is 11.5 Å². The van der Waals surface area contributed by atoms with Gasteiger partial charge in [0.1, 0.15) is 11.5 Å². The molecule has 1 spiro atoms. The first-order chi connectivity index (χ1) is 15.6. The number of fused-ring (bicyclic) bond motifs is 8. The molecule has 0 aromatic carbocycles. The van der Waals surface area contributed by atoms with Crippen LogP contribution in [0, 0.1) is 50.2 Å². The minimum atomic E-state index is -0.743. The Kier molecular flexibility index (Phi) is 4.51. The van der Waals surface area contributed by atoms with E-state index in [1.54, 1.807) is 0 Å². The molecule has 5 aliphatic carbocycles. The number of allylic oxidation sites excluding steroid dienone is 1. The fraction of sp³-hybridized carbons (Fsp3) is 0.900. The van der Waals surface area contributed by atoms with Gasteiger partial charge in [-0.05, 0) is 84.4 Å². The summed E-state index contributed by atoms with van der Waals surface area (Å²) in [6.07, 6.45) is 9.06. The maximum atomic E-state index is 13.6. The van der Waals surface area contributed by atoms with E-state index in [4.69, 9.17) is 4.74 Å². The van der Waals surface area contributed by atoms with Crippen LogP contribution in [0.4, 0.5) is 0 Å². The molecular formula is C30H46O4. The zero-order valence-corrected chi connectivity index (χ0v) is 22.4. The highest BCUT2D eigenvalue weighted by Gasteiger charge is 2.76. The Bertz CT molecular complexity index is 965. The summed E-state index contributed by atoms with van der Waals surface area (Å²) in [5.74, 6) is 0.955. The molecule has 0 amide bonds. The van der Waals surface area contributed by atoms with E-state index in [1.165, 1.54) is 5.57 Å². The van der Waals surface area contributed by atoms with Crippen LogP contribution in [-0.2, 0) is 9.53 Å². The average Bonchev–Trinajstić information content (AvgIpc) is 3.04. The zero-order valence-electron chi connectivity index (χ0n) is 22.4. The number of esters is 1. The van der Waals surface area contributed by atoms with E-state index in [0.717, 1.165) is 38.5 Å². The quantitative estimate of drug-likeness (QED) is 0.354. The third-order valence-electron chi connectivity index (χ3n) is 13.3. The average molecular weight is 471 g/mol. The molecule has 10 atom stereocenters. The smallest absolute Gasteiger partial charge is 0.315 e. The summed E-state index contributed by atoms with van der Waals surface area (Å²) >= 11 is 0. The first-order valence-corrected chi connectivity index (χ1v) is 13.9. The summed E-state index contributed by atoms with van der Waals surface area (Å²) in [6.45, 7) is 16.5. The monoisotopic (exact) mass is 470 g/mol. The molecule has 6 rings (SSSR count). The highest BCUT2D eigenvalue weighted by molar-refractivity contribution is 5.82. The number of hydrogen-bond donors (Lipinski definition) is 2. The number of carbonyl (C=O) groups excluding carboxylic acids is 1. The van der Waals surface area contributed by atoms with Gasteiger partial charge < -0.3 is 14.9 Å². The summed E-state index contributed by atoms with van der Waals surface area (Å²) in [5, 5.41) is 22.3. The van der Waals surface area contributed by atoms with E-state index in [-0.39, 0.29) is 51.2 Å². The number of hydrogen-bond acceptors (Lipinski definition) is 4. The highest BCUT2D eigenvalue weighted by atomic mass is 16.6. The van der Waals surface area contributed by atoms with Gasteiger partial charge in [0.2, 0.25) is 0 Å². The third-order valence-corrected chi connectivity index (χ3v) is 13.3. The fourth-order valence-corrected chi connectivity index (χ4v) is 11.2. The Balaban J connectivity index is 1.50. The highest BCUT2D eigenvalue weighted by Crippen LogP contribution is 2.77. The summed E-state index contributed by atoms with van der Waals surface area (Å²) in [6, 6.07) is 0. The molecule has 190 valence electrons. The molecular weight excluding hydrogens is 424 g/mol. The summed E-state index contributed by atoms with van der Waals surface area (Å²) < 4.78 is 6.32. The molecule has 4 saturated carbocycles. The topological polar surface area (TPSA) is 66.8 Å². The summed E-state index contributed by atoms with van der Waals surface area (Å²) in [7, 11) is 0. The molecule has 0 aromatic heterocycles. The van der Waals surface area contributed by atoms with Crippen molar-refractivity contribution >= 4 is 5.97 Å². The molecule has 2 bridgehead atoms. The van der Waals surface area contributed by atoms with Crippen LogP contribution in [0.2, 0.25) is 0 Å². The minimum Gasteiger partial charge on any atom is -0.461 e. The maximum Gasteiger partial charge on any atom is 0.315 e. The van der Waals surface area contributed by atoms with Crippen molar-refractivity contribution < 1.29 is 19.7 Å². The standard InChI is InChI=1S/C30H46O4/c1-25(2)14-18-17-8-9-20-27(5)12-11-21(31)26(3,4)19(27)10-13-28(20,6)29(17,7)23-16-30(18,22(32)15-25)24(33)34-23/h8,18-23,31-32H,9-16H2,1-7H3/t18-,19-,20+,21-,22-,23+,27-,28+,29-,30-/m0/s1. The van der Waals surface area contributed by atoms with Crippen molar-refractivity contribution in [2.45, 2.75) is 118 Å². The van der Waals surface area contributed by atoms with E-state index in [1.807, 2.05) is 0 Å². The van der Waals surface area contributed by atoms with Gasteiger partial charge in [0.15, 0.2) is 0 Å². The molecule has 0 aromatic rings. The lowest BCUT2D eigenvalue weighted by molar-refractivity contribution is -0.214. The molecule has 34 heavy (non-hydrogen) atoms. The van der Waals surface area contributed by atoms with Crippen LogP contribution in [-0.4, -0.2) is 34.5 Å². The van der Waals surface area contributed by atoms with Crippen LogP contribution < -0.4 is 0 Å². The SMILES string of the molecule is CC1(C)C[C@H](O)[C@@]23C[C@@H](OC2=O)[C@]2(C)C(=CC[C@@H]4[C@@]5(C)CC[C@H](O)C(C)(C)[C@@H]5CC[C@]42C)[C@@H]3C1. The largest absolute Gasteiger partial charge is 0.461 e. The first-order valence-electron chi connectivity index (χ1n) is 13.9. The predicted octanol–water partition coefficient (Wildman–Crippen LogP) is 5.66. The van der Waals surface area contributed by atoms with Gasteiger partial charge in [-0.1, -0.05) is 60.1 Å². The molecule has 1 aliphatic heterocycles. The minimum absolute atomic E-state index is 0.0116. The van der Waals surface area contributed by atoms with Crippen LogP contribution in [0.5, 0.6) is 0 Å². The lowest BCUT2D eigenvalue weighted by Gasteiger charge is -2.71. The van der Waals surface area contributed by atoms with Gasteiger partial charge in [-0.15, -0.1) is 0 Å². The summed E-state index contributed by atoms with van der Waals surface area (Å²) in [5.41, 5.74) is 0.635. The molecule has 1 saturated heterocycles. The van der Waals surface area contributed by atoms with E-state index in [9.17, 15) is 15.0 Å². The van der Waals surface area contributed by atoms with Crippen molar-refractivity contribution in [3.05, 3.63) is 11.6 Å². The van der Waals surface area contributed by atoms with E-state index in [2.05, 4.69) is 54.5 Å². The Morgan fingerprint density at radius 2 is 1.59 bits per heavy atom. The van der Waals surface area contributed by atoms with Crippen LogP contribution in [0.1, 0.15) is 99.8 Å². The van der Waals surface area contributed by atoms with Crippen LogP contribution in [0.15, 0.2) is 11.6 Å². The summed E-state index contributed by atoms with van der Waals surface area (Å²) in [4.78, 5) is 13.6. The van der Waals surface area contributed by atoms with Gasteiger partial charge in [0, 0.05) is 11.8 Å². The van der Waals surface area contributed by atoms with Crippen LogP contribution >= 0.6 is 0 Å². The van der Waals surface area contributed by atoms with Gasteiger partial charge in [0.05, 0.1) is 12.2 Å². The number of aliphatic hydroxyl groups excluding tert-OH is 2. The second-order valence-electron chi connectivity index (χ2n) is 15.3. The van der Waals surface area contributed by atoms with Gasteiger partial charge in [0.25, 0.3) is 0 Å². The number of aliphatic hydroxyl groups is 2. The van der Waals surface area contributed by atoms with E-state index >= 15 is 0 Å². The first kappa shape index (κ1) is 23.5. The van der Waals surface area contributed by atoms with Gasteiger partial charge in [-0.25, -0.2) is 0 Å². The number of carbonyl (C=O) groups is 1. The maximum absolute atomic E-state index is 13.6. The van der Waals surface area contributed by atoms with Crippen molar-refractivity contribution in [2.75, 3.05) is 0 Å². The molecule has 2 N–H and O–H groups in total. The molecule has 4 heteroatoms. The van der Waals surface area contributed by atoms with Crippen LogP contribution in [0.25, 0.3) is 0 Å². The molecule has 6 aliphatic rings. The van der Waals surface area contributed by atoms with Crippen molar-refractivity contribution in [3.8, 4) is 0 Å². The number of ether oxygens (including phenoxy) is 1. The van der Waals surface area contributed by atoms with Crippen molar-refractivity contribution in [1.82, 2.24) is 0 Å². The lowest BCUT2D eigenvalue weighted by atomic mass is 9.33. The Morgan fingerprint density at radius 3 is 2.29 bits per heavy atom. The van der Waals surface area contributed by atoms with E-state index in [0.29, 0.717) is 24.7 Å². The second kappa shape index (κ2) is 6.52. The van der Waals surface area contributed by atoms with Crippen molar-refractivity contribution in [2.24, 2.45) is 50.2 Å². The zero-order chi connectivity index (χ0) is 24.7. The van der Waals surface area contributed by atoms with Gasteiger partial charge in [-0.2, -0.15) is 0 Å². The normalized spacial score (nSPS) is 56.9. The molecule has 5 fully saturated rings.